The van der Waals surface area contributed by atoms with Crippen LogP contribution in [0.1, 0.15) is 12.0 Å². The summed E-state index contributed by atoms with van der Waals surface area (Å²) in [7, 11) is 1.60. The molecule has 1 heterocycles. The van der Waals surface area contributed by atoms with Crippen molar-refractivity contribution in [1.29, 1.82) is 0 Å². The second-order valence-corrected chi connectivity index (χ2v) is 6.41. The van der Waals surface area contributed by atoms with E-state index >= 15 is 0 Å². The highest BCUT2D eigenvalue weighted by Gasteiger charge is 2.32. The second-order valence-electron chi connectivity index (χ2n) is 5.49. The average molecular weight is 389 g/mol. The Balaban J connectivity index is 1.80. The van der Waals surface area contributed by atoms with Gasteiger partial charge in [-0.3, -0.25) is 14.6 Å². The largest absolute Gasteiger partial charge is 0.497 e. The lowest BCUT2D eigenvalue weighted by Gasteiger charge is -2.34. The summed E-state index contributed by atoms with van der Waals surface area (Å²) in [6, 6.07) is 14.6. The molecule has 0 radical (unpaired) electrons. The minimum atomic E-state index is -0.292. The van der Waals surface area contributed by atoms with Gasteiger partial charge in [0.05, 0.1) is 13.7 Å². The molecule has 24 heavy (non-hydrogen) atoms. The van der Waals surface area contributed by atoms with Gasteiger partial charge in [-0.2, -0.15) is 0 Å². The summed E-state index contributed by atoms with van der Waals surface area (Å²) in [4.78, 5) is 27.9. The van der Waals surface area contributed by atoms with Crippen LogP contribution in [-0.4, -0.2) is 30.5 Å². The highest BCUT2D eigenvalue weighted by Crippen LogP contribution is 2.25. The molecule has 1 aliphatic rings. The molecule has 1 aliphatic heterocycles. The number of ether oxygens (including phenoxy) is 1. The Labute approximate surface area is 148 Å². The van der Waals surface area contributed by atoms with E-state index in [1.165, 1.54) is 4.90 Å². The third kappa shape index (κ3) is 3.43. The molecule has 0 N–H and O–H groups in total. The molecule has 2 aromatic carbocycles. The lowest BCUT2D eigenvalue weighted by Crippen LogP contribution is -2.52. The number of hydrogen-bond acceptors (Lipinski definition) is 3. The van der Waals surface area contributed by atoms with Crippen molar-refractivity contribution in [2.45, 2.75) is 13.0 Å². The number of halogens is 1. The van der Waals surface area contributed by atoms with Crippen LogP contribution >= 0.6 is 15.9 Å². The number of urea groups is 1. The van der Waals surface area contributed by atoms with E-state index < -0.39 is 0 Å². The summed E-state index contributed by atoms with van der Waals surface area (Å²) < 4.78 is 6.02. The Kier molecular flexibility index (Phi) is 4.85. The molecule has 5 nitrogen and oxygen atoms in total. The van der Waals surface area contributed by atoms with E-state index in [-0.39, 0.29) is 18.5 Å². The van der Waals surface area contributed by atoms with Crippen LogP contribution in [0.15, 0.2) is 53.0 Å². The van der Waals surface area contributed by atoms with Crippen LogP contribution in [0.4, 0.5) is 10.5 Å². The Bertz CT molecular complexity index is 761. The van der Waals surface area contributed by atoms with Crippen molar-refractivity contribution >= 4 is 33.6 Å². The fraction of sp³-hybridized carbons (Fsp3) is 0.222. The van der Waals surface area contributed by atoms with E-state index in [1.54, 1.807) is 12.0 Å². The quantitative estimate of drug-likeness (QED) is 0.799. The van der Waals surface area contributed by atoms with Gasteiger partial charge >= 0.3 is 6.03 Å². The van der Waals surface area contributed by atoms with Gasteiger partial charge in [-0.15, -0.1) is 0 Å². The molecule has 0 atom stereocenters. The molecule has 1 saturated heterocycles. The maximum atomic E-state index is 12.8. The highest BCUT2D eigenvalue weighted by atomic mass is 79.9. The fourth-order valence-electron chi connectivity index (χ4n) is 2.64. The van der Waals surface area contributed by atoms with Gasteiger partial charge in [-0.25, -0.2) is 4.79 Å². The molecule has 6 heteroatoms. The predicted molar refractivity (Wildman–Crippen MR) is 95.0 cm³/mol. The van der Waals surface area contributed by atoms with Crippen molar-refractivity contribution in [3.8, 4) is 5.75 Å². The van der Waals surface area contributed by atoms with Crippen LogP contribution in [0.5, 0.6) is 5.75 Å². The third-order valence-electron chi connectivity index (χ3n) is 3.93. The zero-order valence-corrected chi connectivity index (χ0v) is 14.8. The lowest BCUT2D eigenvalue weighted by atomic mass is 10.1. The number of methoxy groups -OCH3 is 1. The van der Waals surface area contributed by atoms with E-state index in [0.717, 1.165) is 21.5 Å². The maximum Gasteiger partial charge on any atom is 0.331 e. The van der Waals surface area contributed by atoms with Crippen LogP contribution in [-0.2, 0) is 11.3 Å². The zero-order valence-electron chi connectivity index (χ0n) is 13.2. The van der Waals surface area contributed by atoms with Crippen molar-refractivity contribution in [1.82, 2.24) is 4.90 Å². The number of carbonyl (C=O) groups is 2. The van der Waals surface area contributed by atoms with Crippen LogP contribution < -0.4 is 9.64 Å². The average Bonchev–Trinajstić information content (AvgIpc) is 2.59. The van der Waals surface area contributed by atoms with Gasteiger partial charge in [0.25, 0.3) is 0 Å². The summed E-state index contributed by atoms with van der Waals surface area (Å²) in [5.74, 6) is 0.591. The van der Waals surface area contributed by atoms with Gasteiger partial charge in [-0.05, 0) is 35.9 Å². The van der Waals surface area contributed by atoms with Crippen LogP contribution in [0.25, 0.3) is 0 Å². The molecule has 0 spiro atoms. The minimum absolute atomic E-state index is 0.151. The summed E-state index contributed by atoms with van der Waals surface area (Å²) in [6.07, 6.45) is 0.314. The van der Waals surface area contributed by atoms with Gasteiger partial charge < -0.3 is 4.74 Å². The number of rotatable bonds is 4. The van der Waals surface area contributed by atoms with E-state index in [4.69, 9.17) is 4.74 Å². The molecule has 0 aliphatic carbocycles. The molecule has 1 fully saturated rings. The SMILES string of the molecule is COc1ccc(CN2C(=O)CCN(c3cccc(Br)c3)C2=O)cc1. The van der Waals surface area contributed by atoms with Crippen molar-refractivity contribution in [3.05, 3.63) is 58.6 Å². The van der Waals surface area contributed by atoms with Gasteiger partial charge in [0.1, 0.15) is 5.75 Å². The molecule has 0 aromatic heterocycles. The molecular weight excluding hydrogens is 372 g/mol. The summed E-state index contributed by atoms with van der Waals surface area (Å²) in [5, 5.41) is 0. The molecule has 0 bridgehead atoms. The zero-order chi connectivity index (χ0) is 17.1. The third-order valence-corrected chi connectivity index (χ3v) is 4.43. The summed E-state index contributed by atoms with van der Waals surface area (Å²) in [6.45, 7) is 0.652. The van der Waals surface area contributed by atoms with Gasteiger partial charge in [0, 0.05) is 23.1 Å². The molecule has 0 unspecified atom stereocenters. The first-order chi connectivity index (χ1) is 11.6. The van der Waals surface area contributed by atoms with E-state index in [2.05, 4.69) is 15.9 Å². The second kappa shape index (κ2) is 7.05. The number of imide groups is 1. The Morgan fingerprint density at radius 3 is 2.54 bits per heavy atom. The number of nitrogens with zero attached hydrogens (tertiary/aromatic N) is 2. The van der Waals surface area contributed by atoms with Gasteiger partial charge in [0.15, 0.2) is 0 Å². The Morgan fingerprint density at radius 1 is 1.12 bits per heavy atom. The van der Waals surface area contributed by atoms with Gasteiger partial charge in [0.2, 0.25) is 5.91 Å². The minimum Gasteiger partial charge on any atom is -0.497 e. The first kappa shape index (κ1) is 16.5. The molecule has 124 valence electrons. The number of hydrogen-bond donors (Lipinski definition) is 0. The number of anilines is 1. The molecule has 2 aromatic rings. The van der Waals surface area contributed by atoms with Crippen molar-refractivity contribution in [2.24, 2.45) is 0 Å². The summed E-state index contributed by atoms with van der Waals surface area (Å²) in [5.41, 5.74) is 1.66. The molecule has 0 saturated carbocycles. The van der Waals surface area contributed by atoms with Gasteiger partial charge in [-0.1, -0.05) is 34.1 Å². The van der Waals surface area contributed by atoms with Crippen LogP contribution in [0, 0.1) is 0 Å². The van der Waals surface area contributed by atoms with Crippen molar-refractivity contribution in [3.63, 3.8) is 0 Å². The van der Waals surface area contributed by atoms with Crippen molar-refractivity contribution < 1.29 is 14.3 Å². The highest BCUT2D eigenvalue weighted by molar-refractivity contribution is 9.10. The summed E-state index contributed by atoms with van der Waals surface area (Å²) >= 11 is 3.41. The maximum absolute atomic E-state index is 12.8. The monoisotopic (exact) mass is 388 g/mol. The lowest BCUT2D eigenvalue weighted by molar-refractivity contribution is -0.129. The van der Waals surface area contributed by atoms with Crippen molar-refractivity contribution in [2.75, 3.05) is 18.6 Å². The topological polar surface area (TPSA) is 49.9 Å². The number of amides is 3. The molecule has 3 amide bonds. The van der Waals surface area contributed by atoms with Crippen LogP contribution in [0.3, 0.4) is 0 Å². The molecular formula is C18H17BrN2O3. The molecule has 3 rings (SSSR count). The number of carbonyl (C=O) groups excluding carboxylic acids is 2. The first-order valence-electron chi connectivity index (χ1n) is 7.59. The normalized spacial score (nSPS) is 14.9. The Morgan fingerprint density at radius 2 is 1.88 bits per heavy atom. The smallest absolute Gasteiger partial charge is 0.331 e. The first-order valence-corrected chi connectivity index (χ1v) is 8.38. The number of benzene rings is 2. The van der Waals surface area contributed by atoms with E-state index in [0.29, 0.717) is 13.0 Å². The standard InChI is InChI=1S/C18H17BrN2O3/c1-24-16-7-5-13(6-8-16)12-21-17(22)9-10-20(18(21)23)15-4-2-3-14(19)11-15/h2-8,11H,9-10,12H2,1H3. The van der Waals surface area contributed by atoms with E-state index in [1.807, 2.05) is 48.5 Å². The predicted octanol–water partition coefficient (Wildman–Crippen LogP) is 3.82. The van der Waals surface area contributed by atoms with E-state index in [9.17, 15) is 9.59 Å². The van der Waals surface area contributed by atoms with Crippen LogP contribution in [0.2, 0.25) is 0 Å². The Hall–Kier alpha value is -2.34. The fourth-order valence-corrected chi connectivity index (χ4v) is 3.03.